The summed E-state index contributed by atoms with van der Waals surface area (Å²) in [6, 6.07) is 10.1. The molecule has 0 unspecified atom stereocenters. The molecule has 0 bridgehead atoms. The van der Waals surface area contributed by atoms with Crippen LogP contribution >= 0.6 is 0 Å². The first kappa shape index (κ1) is 20.1. The molecule has 2 aliphatic rings. The van der Waals surface area contributed by atoms with Gasteiger partial charge < -0.3 is 20.0 Å². The summed E-state index contributed by atoms with van der Waals surface area (Å²) in [4.78, 5) is 30.4. The van der Waals surface area contributed by atoms with Gasteiger partial charge in [-0.05, 0) is 37.6 Å². The highest BCUT2D eigenvalue weighted by Gasteiger charge is 2.29. The van der Waals surface area contributed by atoms with Crippen LogP contribution in [0.4, 0.5) is 25.0 Å². The van der Waals surface area contributed by atoms with E-state index in [9.17, 15) is 18.4 Å². The molecule has 2 heterocycles. The van der Waals surface area contributed by atoms with Crippen LogP contribution in [0, 0.1) is 18.6 Å². The van der Waals surface area contributed by atoms with Gasteiger partial charge in [-0.15, -0.1) is 0 Å². The Bertz CT molecular complexity index is 964. The summed E-state index contributed by atoms with van der Waals surface area (Å²) in [6.45, 7) is 4.41. The number of carbonyl (C=O) groups is 2. The maximum Gasteiger partial charge on any atom is 0.322 e. The lowest BCUT2D eigenvalue weighted by molar-refractivity contribution is -0.131. The Hall–Kier alpha value is -3.16. The molecule has 158 valence electrons. The van der Waals surface area contributed by atoms with Gasteiger partial charge in [0.15, 0.2) is 11.6 Å². The summed E-state index contributed by atoms with van der Waals surface area (Å²) < 4.78 is 27.6. The fourth-order valence-corrected chi connectivity index (χ4v) is 3.89. The van der Waals surface area contributed by atoms with Gasteiger partial charge in [-0.3, -0.25) is 4.79 Å². The normalized spacial score (nSPS) is 16.8. The molecule has 4 rings (SSSR count). The van der Waals surface area contributed by atoms with Gasteiger partial charge in [0.1, 0.15) is 6.54 Å². The summed E-state index contributed by atoms with van der Waals surface area (Å²) in [5, 5.41) is 2.53. The Morgan fingerprint density at radius 3 is 2.57 bits per heavy atom. The van der Waals surface area contributed by atoms with E-state index in [1.807, 2.05) is 6.92 Å². The SMILES string of the molecule is Cc1ccc(N2CCCN(C(=O)CN3Cc4c(ccc(F)c4F)NC3=O)CC2)cc1. The average molecular weight is 414 g/mol. The molecule has 0 atom stereocenters. The molecule has 6 nitrogen and oxygen atoms in total. The summed E-state index contributed by atoms with van der Waals surface area (Å²) in [6.07, 6.45) is 0.814. The quantitative estimate of drug-likeness (QED) is 0.838. The molecule has 0 saturated carbocycles. The minimum atomic E-state index is -0.992. The zero-order chi connectivity index (χ0) is 21.3. The third-order valence-corrected chi connectivity index (χ3v) is 5.65. The number of carbonyl (C=O) groups excluding carboxylic acids is 2. The van der Waals surface area contributed by atoms with Gasteiger partial charge in [0.25, 0.3) is 0 Å². The topological polar surface area (TPSA) is 55.9 Å². The van der Waals surface area contributed by atoms with Gasteiger partial charge in [0.2, 0.25) is 5.91 Å². The van der Waals surface area contributed by atoms with E-state index >= 15 is 0 Å². The van der Waals surface area contributed by atoms with E-state index in [1.54, 1.807) is 4.90 Å². The Balaban J connectivity index is 1.39. The zero-order valence-corrected chi connectivity index (χ0v) is 16.8. The largest absolute Gasteiger partial charge is 0.370 e. The number of nitrogens with one attached hydrogen (secondary N) is 1. The van der Waals surface area contributed by atoms with Gasteiger partial charge in [-0.2, -0.15) is 0 Å². The van der Waals surface area contributed by atoms with Gasteiger partial charge in [-0.1, -0.05) is 17.7 Å². The van der Waals surface area contributed by atoms with Crippen molar-refractivity contribution in [2.75, 3.05) is 42.9 Å². The maximum absolute atomic E-state index is 14.1. The first-order valence-corrected chi connectivity index (χ1v) is 10.0. The second-order valence-corrected chi connectivity index (χ2v) is 7.73. The molecule has 2 aromatic rings. The van der Waals surface area contributed by atoms with Gasteiger partial charge in [0, 0.05) is 37.4 Å². The lowest BCUT2D eigenvalue weighted by atomic mass is 10.1. The number of anilines is 2. The van der Waals surface area contributed by atoms with Crippen molar-refractivity contribution in [3.05, 3.63) is 59.2 Å². The average Bonchev–Trinajstić information content (AvgIpc) is 2.99. The van der Waals surface area contributed by atoms with Crippen molar-refractivity contribution >= 4 is 23.3 Å². The van der Waals surface area contributed by atoms with E-state index in [4.69, 9.17) is 0 Å². The van der Waals surface area contributed by atoms with E-state index in [2.05, 4.69) is 34.5 Å². The third-order valence-electron chi connectivity index (χ3n) is 5.65. The number of hydrogen-bond donors (Lipinski definition) is 1. The van der Waals surface area contributed by atoms with Crippen molar-refractivity contribution < 1.29 is 18.4 Å². The number of urea groups is 1. The van der Waals surface area contributed by atoms with Crippen molar-refractivity contribution in [3.63, 3.8) is 0 Å². The zero-order valence-electron chi connectivity index (χ0n) is 16.8. The molecule has 1 fully saturated rings. The molecule has 2 aromatic carbocycles. The highest BCUT2D eigenvalue weighted by molar-refractivity contribution is 5.94. The van der Waals surface area contributed by atoms with Crippen LogP contribution < -0.4 is 10.2 Å². The van der Waals surface area contributed by atoms with E-state index in [-0.39, 0.29) is 30.2 Å². The number of hydrogen-bond acceptors (Lipinski definition) is 3. The van der Waals surface area contributed by atoms with Crippen LogP contribution in [0.25, 0.3) is 0 Å². The Morgan fingerprint density at radius 2 is 1.80 bits per heavy atom. The highest BCUT2D eigenvalue weighted by Crippen LogP contribution is 2.27. The predicted octanol–water partition coefficient (Wildman–Crippen LogP) is 3.36. The van der Waals surface area contributed by atoms with Gasteiger partial charge in [0.05, 0.1) is 12.2 Å². The van der Waals surface area contributed by atoms with Crippen LogP contribution in [0.2, 0.25) is 0 Å². The number of aryl methyl sites for hydroxylation is 1. The minimum absolute atomic E-state index is 0.0591. The standard InChI is InChI=1S/C22H24F2N4O2/c1-15-3-5-16(6-4-15)26-9-2-10-27(12-11-26)20(29)14-28-13-17-19(25-22(28)30)8-7-18(23)21(17)24/h3-8H,2,9-14H2,1H3,(H,25,30). The van der Waals surface area contributed by atoms with Crippen molar-refractivity contribution in [2.24, 2.45) is 0 Å². The van der Waals surface area contributed by atoms with Crippen LogP contribution in [-0.4, -0.2) is 54.5 Å². The molecular formula is C22H24F2N4O2. The first-order chi connectivity index (χ1) is 14.4. The lowest BCUT2D eigenvalue weighted by Gasteiger charge is -2.31. The molecule has 8 heteroatoms. The number of nitrogens with zero attached hydrogens (tertiary/aromatic N) is 3. The van der Waals surface area contributed by atoms with Crippen LogP contribution in [0.15, 0.2) is 36.4 Å². The number of halogens is 2. The van der Waals surface area contributed by atoms with E-state index in [0.717, 1.165) is 24.7 Å². The third kappa shape index (κ3) is 4.08. The maximum atomic E-state index is 14.1. The molecule has 3 amide bonds. The van der Waals surface area contributed by atoms with E-state index < -0.39 is 17.7 Å². The van der Waals surface area contributed by atoms with E-state index in [0.29, 0.717) is 19.6 Å². The van der Waals surface area contributed by atoms with Crippen molar-refractivity contribution in [3.8, 4) is 0 Å². The number of fused-ring (bicyclic) bond motifs is 1. The minimum Gasteiger partial charge on any atom is -0.370 e. The highest BCUT2D eigenvalue weighted by atomic mass is 19.2. The van der Waals surface area contributed by atoms with Gasteiger partial charge >= 0.3 is 6.03 Å². The molecular weight excluding hydrogens is 390 g/mol. The van der Waals surface area contributed by atoms with Gasteiger partial charge in [-0.25, -0.2) is 13.6 Å². The second-order valence-electron chi connectivity index (χ2n) is 7.73. The Kier molecular flexibility index (Phi) is 5.57. The molecule has 1 saturated heterocycles. The van der Waals surface area contributed by atoms with E-state index in [1.165, 1.54) is 16.5 Å². The van der Waals surface area contributed by atoms with Crippen molar-refractivity contribution in [1.29, 1.82) is 0 Å². The fourth-order valence-electron chi connectivity index (χ4n) is 3.89. The van der Waals surface area contributed by atoms with Crippen molar-refractivity contribution in [1.82, 2.24) is 9.80 Å². The number of rotatable bonds is 3. The summed E-state index contributed by atoms with van der Waals surface area (Å²) in [5.74, 6) is -2.16. The summed E-state index contributed by atoms with van der Waals surface area (Å²) >= 11 is 0. The molecule has 0 aliphatic carbocycles. The fraction of sp³-hybridized carbons (Fsp3) is 0.364. The second kappa shape index (κ2) is 8.30. The smallest absolute Gasteiger partial charge is 0.322 e. The van der Waals surface area contributed by atoms with Crippen LogP contribution in [0.3, 0.4) is 0 Å². The van der Waals surface area contributed by atoms with Crippen LogP contribution in [-0.2, 0) is 11.3 Å². The Labute approximate surface area is 174 Å². The number of benzene rings is 2. The molecule has 1 N–H and O–H groups in total. The molecule has 0 radical (unpaired) electrons. The lowest BCUT2D eigenvalue weighted by Crippen LogP contribution is -2.47. The molecule has 0 aromatic heterocycles. The molecule has 2 aliphatic heterocycles. The van der Waals surface area contributed by atoms with Crippen LogP contribution in [0.5, 0.6) is 0 Å². The van der Waals surface area contributed by atoms with Crippen molar-refractivity contribution in [2.45, 2.75) is 19.9 Å². The summed E-state index contributed by atoms with van der Waals surface area (Å²) in [7, 11) is 0. The monoisotopic (exact) mass is 414 g/mol. The predicted molar refractivity (Wildman–Crippen MR) is 110 cm³/mol. The summed E-state index contributed by atoms with van der Waals surface area (Å²) in [5.41, 5.74) is 2.62. The first-order valence-electron chi connectivity index (χ1n) is 10.0. The molecule has 0 spiro atoms. The Morgan fingerprint density at radius 1 is 1.03 bits per heavy atom. The van der Waals surface area contributed by atoms with Crippen LogP contribution in [0.1, 0.15) is 17.5 Å². The molecule has 30 heavy (non-hydrogen) atoms. The number of amides is 3.